The van der Waals surface area contributed by atoms with Gasteiger partial charge in [0.1, 0.15) is 0 Å². The number of allylic oxidation sites excluding steroid dienone is 4. The van der Waals surface area contributed by atoms with Gasteiger partial charge in [-0.05, 0) is 36.6 Å². The van der Waals surface area contributed by atoms with Crippen molar-refractivity contribution in [2.24, 2.45) is 5.73 Å². The quantitative estimate of drug-likeness (QED) is 0.845. The van der Waals surface area contributed by atoms with Crippen LogP contribution in [0.4, 0.5) is 0 Å². The normalized spacial score (nSPS) is 17.7. The largest absolute Gasteiger partial charge is 0.401 e. The van der Waals surface area contributed by atoms with E-state index >= 15 is 0 Å². The number of hydrogen-bond acceptors (Lipinski definition) is 3. The van der Waals surface area contributed by atoms with Gasteiger partial charge in [0.05, 0.1) is 17.2 Å². The second-order valence-electron chi connectivity index (χ2n) is 6.63. The molecule has 0 saturated carbocycles. The number of pyridine rings is 1. The summed E-state index contributed by atoms with van der Waals surface area (Å²) in [7, 11) is 0. The number of nitrogens with zero attached hydrogens (tertiary/aromatic N) is 2. The van der Waals surface area contributed by atoms with Crippen molar-refractivity contribution in [2.45, 2.75) is 39.0 Å². The maximum absolute atomic E-state index is 9.83. The molecule has 0 aliphatic heterocycles. The number of para-hydroxylation sites is 1. The van der Waals surface area contributed by atoms with Crippen LogP contribution in [0.3, 0.4) is 0 Å². The molecular formula is C22H23N3. The van der Waals surface area contributed by atoms with Gasteiger partial charge in [0.25, 0.3) is 0 Å². The summed E-state index contributed by atoms with van der Waals surface area (Å²) in [6.07, 6.45) is 4.40. The molecule has 1 aliphatic carbocycles. The molecule has 1 aromatic carbocycles. The Kier molecular flexibility index (Phi) is 4.72. The van der Waals surface area contributed by atoms with Gasteiger partial charge >= 0.3 is 0 Å². The van der Waals surface area contributed by atoms with E-state index in [0.29, 0.717) is 17.7 Å². The first kappa shape index (κ1) is 17.0. The Morgan fingerprint density at radius 3 is 2.84 bits per heavy atom. The van der Waals surface area contributed by atoms with Crippen LogP contribution in [-0.4, -0.2) is 4.98 Å². The third-order valence-corrected chi connectivity index (χ3v) is 4.89. The summed E-state index contributed by atoms with van der Waals surface area (Å²) in [5.74, 6) is -0.161. The minimum atomic E-state index is -0.161. The third-order valence-electron chi connectivity index (χ3n) is 4.89. The Morgan fingerprint density at radius 2 is 2.12 bits per heavy atom. The molecule has 1 aliphatic rings. The van der Waals surface area contributed by atoms with E-state index < -0.39 is 0 Å². The highest BCUT2D eigenvalue weighted by molar-refractivity contribution is 5.84. The van der Waals surface area contributed by atoms with Gasteiger partial charge in [0.15, 0.2) is 0 Å². The highest BCUT2D eigenvalue weighted by Crippen LogP contribution is 2.45. The maximum atomic E-state index is 9.83. The molecule has 0 radical (unpaired) electrons. The van der Waals surface area contributed by atoms with Crippen molar-refractivity contribution in [3.05, 3.63) is 76.7 Å². The van der Waals surface area contributed by atoms with Gasteiger partial charge in [-0.2, -0.15) is 5.26 Å². The minimum Gasteiger partial charge on any atom is -0.401 e. The molecule has 25 heavy (non-hydrogen) atoms. The van der Waals surface area contributed by atoms with Crippen molar-refractivity contribution in [3.8, 4) is 6.07 Å². The van der Waals surface area contributed by atoms with Crippen LogP contribution < -0.4 is 5.73 Å². The summed E-state index contributed by atoms with van der Waals surface area (Å²) in [6.45, 7) is 8.58. The van der Waals surface area contributed by atoms with Gasteiger partial charge < -0.3 is 5.73 Å². The lowest BCUT2D eigenvalue weighted by Gasteiger charge is -2.30. The molecule has 2 N–H and O–H groups in total. The van der Waals surface area contributed by atoms with Gasteiger partial charge in [0, 0.05) is 29.6 Å². The maximum Gasteiger partial charge on any atom is 0.0975 e. The monoisotopic (exact) mass is 329 g/mol. The van der Waals surface area contributed by atoms with Crippen LogP contribution in [0.15, 0.2) is 71.1 Å². The summed E-state index contributed by atoms with van der Waals surface area (Å²) in [5, 5.41) is 10.9. The molecule has 1 heterocycles. The summed E-state index contributed by atoms with van der Waals surface area (Å²) in [4.78, 5) is 4.46. The van der Waals surface area contributed by atoms with Crippen LogP contribution in [0.1, 0.15) is 44.6 Å². The molecule has 0 fully saturated rings. The van der Waals surface area contributed by atoms with Crippen LogP contribution in [0, 0.1) is 11.3 Å². The Bertz CT molecular complexity index is 936. The summed E-state index contributed by atoms with van der Waals surface area (Å²) in [5.41, 5.74) is 13.1. The zero-order valence-electron chi connectivity index (χ0n) is 14.8. The van der Waals surface area contributed by atoms with Crippen molar-refractivity contribution in [2.75, 3.05) is 0 Å². The van der Waals surface area contributed by atoms with Crippen LogP contribution in [0.5, 0.6) is 0 Å². The first-order chi connectivity index (χ1) is 12.1. The predicted octanol–water partition coefficient (Wildman–Crippen LogP) is 5.13. The second kappa shape index (κ2) is 6.94. The van der Waals surface area contributed by atoms with E-state index in [-0.39, 0.29) is 5.92 Å². The summed E-state index contributed by atoms with van der Waals surface area (Å²) < 4.78 is 0. The van der Waals surface area contributed by atoms with Crippen molar-refractivity contribution in [1.82, 2.24) is 4.98 Å². The Balaban J connectivity index is 2.28. The molecule has 0 saturated heterocycles. The average molecular weight is 329 g/mol. The van der Waals surface area contributed by atoms with Crippen molar-refractivity contribution < 1.29 is 0 Å². The fourth-order valence-electron chi connectivity index (χ4n) is 3.81. The second-order valence-corrected chi connectivity index (χ2v) is 6.63. The molecule has 0 amide bonds. The van der Waals surface area contributed by atoms with E-state index in [1.807, 2.05) is 30.5 Å². The lowest BCUT2D eigenvalue weighted by Crippen LogP contribution is -2.19. The van der Waals surface area contributed by atoms with Gasteiger partial charge in [-0.25, -0.2) is 0 Å². The van der Waals surface area contributed by atoms with Crippen molar-refractivity contribution >= 4 is 10.9 Å². The fraction of sp³-hybridized carbons (Fsp3) is 0.273. The number of fused-ring (bicyclic) bond motifs is 1. The zero-order valence-corrected chi connectivity index (χ0v) is 14.8. The molecule has 1 unspecified atom stereocenters. The molecule has 1 aromatic heterocycles. The number of hydrogen-bond donors (Lipinski definition) is 1. The van der Waals surface area contributed by atoms with Crippen LogP contribution in [0.2, 0.25) is 0 Å². The molecule has 2 aromatic rings. The Hall–Kier alpha value is -2.86. The SMILES string of the molecule is C=C(CCC)C1=C(C)CC(N)=C(C#N)C1c1ccnc2ccccc12. The first-order valence-electron chi connectivity index (χ1n) is 8.68. The highest BCUT2D eigenvalue weighted by atomic mass is 14.7. The fourth-order valence-corrected chi connectivity index (χ4v) is 3.81. The van der Waals surface area contributed by atoms with Crippen molar-refractivity contribution in [3.63, 3.8) is 0 Å². The van der Waals surface area contributed by atoms with E-state index in [2.05, 4.69) is 37.5 Å². The zero-order chi connectivity index (χ0) is 18.0. The lowest BCUT2D eigenvalue weighted by molar-refractivity contribution is 0.811. The molecule has 1 atom stereocenters. The standard InChI is InChI=1S/C22H23N3/c1-4-7-14(2)21-15(3)12-19(24)18(13-23)22(21)17-10-11-25-20-9-6-5-8-16(17)20/h5-6,8-11,22H,2,4,7,12,24H2,1,3H3. The van der Waals surface area contributed by atoms with E-state index in [0.717, 1.165) is 34.9 Å². The van der Waals surface area contributed by atoms with Gasteiger partial charge in [-0.3, -0.25) is 4.98 Å². The average Bonchev–Trinajstić information content (AvgIpc) is 2.60. The number of rotatable bonds is 4. The number of aromatic nitrogens is 1. The van der Waals surface area contributed by atoms with Crippen LogP contribution in [0.25, 0.3) is 10.9 Å². The highest BCUT2D eigenvalue weighted by Gasteiger charge is 2.31. The minimum absolute atomic E-state index is 0.161. The molecule has 0 spiro atoms. The third kappa shape index (κ3) is 2.96. The van der Waals surface area contributed by atoms with Gasteiger partial charge in [-0.1, -0.05) is 49.3 Å². The van der Waals surface area contributed by atoms with Gasteiger partial charge in [-0.15, -0.1) is 0 Å². The number of benzene rings is 1. The first-order valence-corrected chi connectivity index (χ1v) is 8.68. The molecule has 3 rings (SSSR count). The van der Waals surface area contributed by atoms with E-state index in [9.17, 15) is 5.26 Å². The predicted molar refractivity (Wildman–Crippen MR) is 103 cm³/mol. The molecule has 3 heteroatoms. The van der Waals surface area contributed by atoms with E-state index in [1.165, 1.54) is 11.1 Å². The topological polar surface area (TPSA) is 62.7 Å². The molecule has 126 valence electrons. The Labute approximate surface area is 149 Å². The number of nitrogens with two attached hydrogens (primary N) is 1. The van der Waals surface area contributed by atoms with Gasteiger partial charge in [0.2, 0.25) is 0 Å². The Morgan fingerprint density at radius 1 is 1.36 bits per heavy atom. The van der Waals surface area contributed by atoms with Crippen molar-refractivity contribution in [1.29, 1.82) is 5.26 Å². The van der Waals surface area contributed by atoms with Crippen LogP contribution >= 0.6 is 0 Å². The summed E-state index contributed by atoms with van der Waals surface area (Å²) >= 11 is 0. The van der Waals surface area contributed by atoms with E-state index in [1.54, 1.807) is 0 Å². The molecule has 3 nitrogen and oxygen atoms in total. The summed E-state index contributed by atoms with van der Waals surface area (Å²) in [6, 6.07) is 12.4. The van der Waals surface area contributed by atoms with Crippen LogP contribution in [-0.2, 0) is 0 Å². The molecule has 0 bridgehead atoms. The smallest absolute Gasteiger partial charge is 0.0975 e. The van der Waals surface area contributed by atoms with E-state index in [4.69, 9.17) is 5.73 Å². The molecular weight excluding hydrogens is 306 g/mol. The number of nitriles is 1. The lowest BCUT2D eigenvalue weighted by atomic mass is 9.73.